The highest BCUT2D eigenvalue weighted by atomic mass is 35.5. The molecule has 1 aliphatic rings. The van der Waals surface area contributed by atoms with Gasteiger partial charge >= 0.3 is 0 Å². The van der Waals surface area contributed by atoms with Gasteiger partial charge in [-0.3, -0.25) is 0 Å². The number of hydrogen-bond acceptors (Lipinski definition) is 2. The van der Waals surface area contributed by atoms with Crippen LogP contribution in [0.15, 0.2) is 18.2 Å². The van der Waals surface area contributed by atoms with Crippen LogP contribution in [-0.2, 0) is 11.2 Å². The minimum atomic E-state index is -0.714. The van der Waals surface area contributed by atoms with Crippen LogP contribution in [-0.4, -0.2) is 23.4 Å². The minimum Gasteiger partial charge on any atom is -0.389 e. The predicted octanol–water partition coefficient (Wildman–Crippen LogP) is 3.47. The highest BCUT2D eigenvalue weighted by Crippen LogP contribution is 2.40. The van der Waals surface area contributed by atoms with Crippen LogP contribution in [0.1, 0.15) is 25.3 Å². The lowest BCUT2D eigenvalue weighted by atomic mass is 9.73. The molecule has 0 amide bonds. The molecule has 0 spiro atoms. The van der Waals surface area contributed by atoms with Gasteiger partial charge in [-0.15, -0.1) is 0 Å². The fourth-order valence-electron chi connectivity index (χ4n) is 2.32. The fraction of sp³-hybridized carbons (Fsp3) is 0.538. The molecule has 2 nitrogen and oxygen atoms in total. The molecule has 0 aromatic heterocycles. The zero-order chi connectivity index (χ0) is 12.5. The molecule has 1 N–H and O–H groups in total. The Labute approximate surface area is 111 Å². The second-order valence-corrected chi connectivity index (χ2v) is 5.40. The Balaban J connectivity index is 2.02. The van der Waals surface area contributed by atoms with E-state index in [0.717, 1.165) is 5.56 Å². The molecular formula is C13H16Cl2O2. The highest BCUT2D eigenvalue weighted by molar-refractivity contribution is 6.36. The SMILES string of the molecule is CCOC1CC(O)(Cc2c(Cl)cccc2Cl)C1. The second kappa shape index (κ2) is 5.15. The first-order valence-electron chi connectivity index (χ1n) is 5.81. The number of rotatable bonds is 4. The number of halogens is 2. The molecule has 0 radical (unpaired) electrons. The van der Waals surface area contributed by atoms with E-state index in [2.05, 4.69) is 0 Å². The molecule has 0 saturated heterocycles. The van der Waals surface area contributed by atoms with E-state index >= 15 is 0 Å². The number of ether oxygens (including phenoxy) is 1. The summed E-state index contributed by atoms with van der Waals surface area (Å²) in [7, 11) is 0. The van der Waals surface area contributed by atoms with Crippen LogP contribution in [0.3, 0.4) is 0 Å². The van der Waals surface area contributed by atoms with Crippen LogP contribution in [0.4, 0.5) is 0 Å². The summed E-state index contributed by atoms with van der Waals surface area (Å²) in [4.78, 5) is 0. The molecule has 1 aromatic carbocycles. The van der Waals surface area contributed by atoms with E-state index in [4.69, 9.17) is 27.9 Å². The molecular weight excluding hydrogens is 259 g/mol. The van der Waals surface area contributed by atoms with Crippen molar-refractivity contribution in [3.8, 4) is 0 Å². The lowest BCUT2D eigenvalue weighted by Crippen LogP contribution is -2.50. The zero-order valence-corrected chi connectivity index (χ0v) is 11.3. The maximum atomic E-state index is 10.3. The van der Waals surface area contributed by atoms with Crippen LogP contribution in [0.5, 0.6) is 0 Å². The van der Waals surface area contributed by atoms with Crippen LogP contribution >= 0.6 is 23.2 Å². The van der Waals surface area contributed by atoms with E-state index in [0.29, 0.717) is 35.9 Å². The first-order valence-corrected chi connectivity index (χ1v) is 6.56. The molecule has 0 unspecified atom stereocenters. The molecule has 1 saturated carbocycles. The Hall–Kier alpha value is -0.280. The summed E-state index contributed by atoms with van der Waals surface area (Å²) in [6.45, 7) is 2.65. The van der Waals surface area contributed by atoms with Gasteiger partial charge in [-0.1, -0.05) is 29.3 Å². The van der Waals surface area contributed by atoms with E-state index in [1.807, 2.05) is 13.0 Å². The first kappa shape index (κ1) is 13.2. The molecule has 1 aliphatic carbocycles. The Bertz CT molecular complexity index is 380. The Kier molecular flexibility index (Phi) is 3.99. The third kappa shape index (κ3) is 2.94. The summed E-state index contributed by atoms with van der Waals surface area (Å²) in [5.74, 6) is 0. The summed E-state index contributed by atoms with van der Waals surface area (Å²) in [6.07, 6.45) is 1.98. The number of aliphatic hydroxyl groups is 1. The quantitative estimate of drug-likeness (QED) is 0.911. The minimum absolute atomic E-state index is 0.172. The molecule has 4 heteroatoms. The van der Waals surface area contributed by atoms with E-state index in [-0.39, 0.29) is 6.10 Å². The van der Waals surface area contributed by atoms with Gasteiger partial charge < -0.3 is 9.84 Å². The van der Waals surface area contributed by atoms with Crippen LogP contribution in [0, 0.1) is 0 Å². The Morgan fingerprint density at radius 3 is 2.47 bits per heavy atom. The number of hydrogen-bond donors (Lipinski definition) is 1. The van der Waals surface area contributed by atoms with Crippen LogP contribution in [0.25, 0.3) is 0 Å². The van der Waals surface area contributed by atoms with Gasteiger partial charge in [0.05, 0.1) is 11.7 Å². The van der Waals surface area contributed by atoms with Crippen molar-refractivity contribution in [3.05, 3.63) is 33.8 Å². The number of benzene rings is 1. The Morgan fingerprint density at radius 2 is 1.94 bits per heavy atom. The fourth-order valence-corrected chi connectivity index (χ4v) is 2.85. The van der Waals surface area contributed by atoms with Crippen molar-refractivity contribution < 1.29 is 9.84 Å². The van der Waals surface area contributed by atoms with Gasteiger partial charge in [-0.05, 0) is 24.6 Å². The van der Waals surface area contributed by atoms with Gasteiger partial charge in [0.15, 0.2) is 0 Å². The summed E-state index contributed by atoms with van der Waals surface area (Å²) >= 11 is 12.2. The molecule has 0 heterocycles. The van der Waals surface area contributed by atoms with E-state index in [9.17, 15) is 5.11 Å². The molecule has 1 aromatic rings. The van der Waals surface area contributed by atoms with E-state index < -0.39 is 5.60 Å². The molecule has 1 fully saturated rings. The zero-order valence-electron chi connectivity index (χ0n) is 9.75. The molecule has 0 bridgehead atoms. The van der Waals surface area contributed by atoms with Gasteiger partial charge in [0.25, 0.3) is 0 Å². The van der Waals surface area contributed by atoms with Gasteiger partial charge in [0.1, 0.15) is 0 Å². The third-order valence-corrected chi connectivity index (χ3v) is 3.89. The summed E-state index contributed by atoms with van der Waals surface area (Å²) in [6, 6.07) is 5.40. The van der Waals surface area contributed by atoms with Crippen molar-refractivity contribution in [1.82, 2.24) is 0 Å². The predicted molar refractivity (Wildman–Crippen MR) is 69.8 cm³/mol. The van der Waals surface area contributed by atoms with Crippen molar-refractivity contribution in [3.63, 3.8) is 0 Å². The van der Waals surface area contributed by atoms with Crippen molar-refractivity contribution in [2.24, 2.45) is 0 Å². The van der Waals surface area contributed by atoms with Crippen molar-refractivity contribution in [1.29, 1.82) is 0 Å². The summed E-state index contributed by atoms with van der Waals surface area (Å²) in [5.41, 5.74) is 0.113. The van der Waals surface area contributed by atoms with E-state index in [1.165, 1.54) is 0 Å². The molecule has 0 atom stereocenters. The first-order chi connectivity index (χ1) is 8.04. The Morgan fingerprint density at radius 1 is 1.35 bits per heavy atom. The van der Waals surface area contributed by atoms with Crippen molar-refractivity contribution >= 4 is 23.2 Å². The van der Waals surface area contributed by atoms with Crippen molar-refractivity contribution in [2.75, 3.05) is 6.61 Å². The molecule has 94 valence electrons. The highest BCUT2D eigenvalue weighted by Gasteiger charge is 2.43. The van der Waals surface area contributed by atoms with Gasteiger partial charge in [0.2, 0.25) is 0 Å². The third-order valence-electron chi connectivity index (χ3n) is 3.19. The normalized spacial score (nSPS) is 27.9. The standard InChI is InChI=1S/C13H16Cl2O2/c1-2-17-9-6-13(16,7-9)8-10-11(14)4-3-5-12(10)15/h3-5,9,16H,2,6-8H2,1H3. The lowest BCUT2D eigenvalue weighted by Gasteiger charge is -2.43. The molecule has 0 aliphatic heterocycles. The van der Waals surface area contributed by atoms with Crippen LogP contribution in [0.2, 0.25) is 10.0 Å². The van der Waals surface area contributed by atoms with E-state index in [1.54, 1.807) is 12.1 Å². The molecule has 17 heavy (non-hydrogen) atoms. The maximum Gasteiger partial charge on any atom is 0.0738 e. The maximum absolute atomic E-state index is 10.3. The smallest absolute Gasteiger partial charge is 0.0738 e. The van der Waals surface area contributed by atoms with Crippen molar-refractivity contribution in [2.45, 2.75) is 37.9 Å². The summed E-state index contributed by atoms with van der Waals surface area (Å²) in [5, 5.41) is 11.5. The van der Waals surface area contributed by atoms with Gasteiger partial charge in [-0.2, -0.15) is 0 Å². The lowest BCUT2D eigenvalue weighted by molar-refractivity contribution is -0.136. The topological polar surface area (TPSA) is 29.5 Å². The largest absolute Gasteiger partial charge is 0.389 e. The van der Waals surface area contributed by atoms with Gasteiger partial charge in [-0.25, -0.2) is 0 Å². The monoisotopic (exact) mass is 274 g/mol. The second-order valence-electron chi connectivity index (χ2n) is 4.59. The average Bonchev–Trinajstić information content (AvgIpc) is 2.22. The van der Waals surface area contributed by atoms with Crippen LogP contribution < -0.4 is 0 Å². The average molecular weight is 275 g/mol. The van der Waals surface area contributed by atoms with Gasteiger partial charge in [0, 0.05) is 35.9 Å². The summed E-state index contributed by atoms with van der Waals surface area (Å²) < 4.78 is 5.45. The molecule has 2 rings (SSSR count).